The number of aryl methyl sites for hydroxylation is 1. The monoisotopic (exact) mass is 440 g/mol. The molecule has 0 aliphatic carbocycles. The first-order chi connectivity index (χ1) is 16.0. The van der Waals surface area contributed by atoms with Crippen LogP contribution >= 0.6 is 0 Å². The van der Waals surface area contributed by atoms with Crippen molar-refractivity contribution in [1.82, 2.24) is 19.5 Å². The molecule has 0 amide bonds. The third-order valence-electron chi connectivity index (χ3n) is 5.27. The summed E-state index contributed by atoms with van der Waals surface area (Å²) in [4.78, 5) is 24.4. The smallest absolute Gasteiger partial charge is 0.304 e. The van der Waals surface area contributed by atoms with E-state index in [9.17, 15) is 4.79 Å². The van der Waals surface area contributed by atoms with Gasteiger partial charge in [0.05, 0.1) is 53.8 Å². The van der Waals surface area contributed by atoms with Crippen molar-refractivity contribution in [2.75, 3.05) is 0 Å². The number of ether oxygens (including phenoxy) is 1. The minimum absolute atomic E-state index is 0.0279. The van der Waals surface area contributed by atoms with Gasteiger partial charge in [0.15, 0.2) is 0 Å². The van der Waals surface area contributed by atoms with E-state index >= 15 is 0 Å². The van der Waals surface area contributed by atoms with Gasteiger partial charge in [-0.15, -0.1) is 5.92 Å². The minimum Gasteiger partial charge on any atom is -0.489 e. The van der Waals surface area contributed by atoms with Gasteiger partial charge in [-0.2, -0.15) is 0 Å². The molecular formula is C26H24N4O3. The molecule has 0 spiro atoms. The van der Waals surface area contributed by atoms with Crippen molar-refractivity contribution >= 4 is 17.0 Å². The Morgan fingerprint density at radius 2 is 1.94 bits per heavy atom. The molecule has 1 atom stereocenters. The summed E-state index contributed by atoms with van der Waals surface area (Å²) >= 11 is 0. The molecule has 0 aliphatic heterocycles. The Kier molecular flexibility index (Phi) is 6.65. The zero-order valence-corrected chi connectivity index (χ0v) is 18.5. The molecule has 1 N–H and O–H groups in total. The Labute approximate surface area is 192 Å². The molecule has 4 rings (SSSR count). The predicted octanol–water partition coefficient (Wildman–Crippen LogP) is 4.34. The fourth-order valence-corrected chi connectivity index (χ4v) is 3.62. The molecule has 0 fully saturated rings. The van der Waals surface area contributed by atoms with E-state index in [-0.39, 0.29) is 12.3 Å². The van der Waals surface area contributed by atoms with Gasteiger partial charge >= 0.3 is 5.97 Å². The minimum atomic E-state index is -0.870. The first kappa shape index (κ1) is 22.0. The zero-order chi connectivity index (χ0) is 23.2. The number of para-hydroxylation sites is 1. The third-order valence-corrected chi connectivity index (χ3v) is 5.27. The van der Waals surface area contributed by atoms with Crippen LogP contribution in [0.25, 0.3) is 11.0 Å². The molecular weight excluding hydrogens is 416 g/mol. The SMILES string of the molecule is CC#C[C@@H](CC(=O)O)c1ccc(OCc2cccc3c2ncn3Cc2cnc(C)cn2)cc1. The number of hydrogen-bond donors (Lipinski definition) is 1. The van der Waals surface area contributed by atoms with Crippen molar-refractivity contribution < 1.29 is 14.6 Å². The van der Waals surface area contributed by atoms with Crippen LogP contribution in [-0.4, -0.2) is 30.6 Å². The summed E-state index contributed by atoms with van der Waals surface area (Å²) in [6.45, 7) is 4.58. The van der Waals surface area contributed by atoms with Gasteiger partial charge in [0.1, 0.15) is 12.4 Å². The van der Waals surface area contributed by atoms with Gasteiger partial charge in [-0.25, -0.2) is 4.98 Å². The average molecular weight is 441 g/mol. The lowest BCUT2D eigenvalue weighted by molar-refractivity contribution is -0.137. The van der Waals surface area contributed by atoms with Crippen molar-refractivity contribution in [2.45, 2.75) is 39.3 Å². The summed E-state index contributed by atoms with van der Waals surface area (Å²) in [5.74, 6) is 5.26. The Morgan fingerprint density at radius 3 is 2.64 bits per heavy atom. The highest BCUT2D eigenvalue weighted by molar-refractivity contribution is 5.79. The molecule has 0 saturated heterocycles. The predicted molar refractivity (Wildman–Crippen MR) is 125 cm³/mol. The highest BCUT2D eigenvalue weighted by atomic mass is 16.5. The highest BCUT2D eigenvalue weighted by Crippen LogP contribution is 2.24. The molecule has 4 aromatic rings. The van der Waals surface area contributed by atoms with Gasteiger partial charge in [-0.05, 0) is 37.6 Å². The summed E-state index contributed by atoms with van der Waals surface area (Å²) in [6.07, 6.45) is 5.32. The number of aromatic nitrogens is 4. The number of imidazole rings is 1. The normalized spacial score (nSPS) is 11.6. The maximum atomic E-state index is 11.1. The molecule has 2 aromatic heterocycles. The summed E-state index contributed by atoms with van der Waals surface area (Å²) in [5.41, 5.74) is 5.48. The van der Waals surface area contributed by atoms with Gasteiger partial charge in [0, 0.05) is 11.8 Å². The van der Waals surface area contributed by atoms with Crippen LogP contribution in [0.4, 0.5) is 0 Å². The van der Waals surface area contributed by atoms with E-state index in [1.165, 1.54) is 0 Å². The largest absolute Gasteiger partial charge is 0.489 e. The molecule has 0 unspecified atom stereocenters. The third kappa shape index (κ3) is 5.36. The van der Waals surface area contributed by atoms with Gasteiger partial charge in [-0.3, -0.25) is 14.8 Å². The second kappa shape index (κ2) is 9.96. The standard InChI is InChI=1S/C26H24N4O3/c1-3-5-20(12-25(31)32)19-8-10-23(11-9-19)33-16-21-6-4-7-24-26(21)29-17-30(24)15-22-14-27-18(2)13-28-22/h4,6-11,13-14,17,20H,12,15-16H2,1-2H3,(H,31,32)/t20-/m0/s1. The van der Waals surface area contributed by atoms with Crippen LogP contribution in [0.1, 0.15) is 41.8 Å². The molecule has 7 heteroatoms. The zero-order valence-electron chi connectivity index (χ0n) is 18.5. The molecule has 0 aliphatic rings. The molecule has 0 radical (unpaired) electrons. The Hall–Kier alpha value is -4.18. The first-order valence-electron chi connectivity index (χ1n) is 10.6. The van der Waals surface area contributed by atoms with E-state index in [2.05, 4.69) is 26.8 Å². The van der Waals surface area contributed by atoms with Crippen molar-refractivity contribution in [3.05, 3.63) is 83.7 Å². The summed E-state index contributed by atoms with van der Waals surface area (Å²) in [7, 11) is 0. The van der Waals surface area contributed by atoms with E-state index in [0.29, 0.717) is 18.9 Å². The Bertz CT molecular complexity index is 1320. The number of benzene rings is 2. The lowest BCUT2D eigenvalue weighted by atomic mass is 9.96. The van der Waals surface area contributed by atoms with Crippen LogP contribution in [-0.2, 0) is 17.9 Å². The maximum Gasteiger partial charge on any atom is 0.304 e. The summed E-state index contributed by atoms with van der Waals surface area (Å²) in [6, 6.07) is 13.4. The molecule has 0 saturated carbocycles. The van der Waals surface area contributed by atoms with E-state index in [1.807, 2.05) is 60.3 Å². The second-order valence-electron chi connectivity index (χ2n) is 7.71. The molecule has 2 heterocycles. The lowest BCUT2D eigenvalue weighted by Crippen LogP contribution is -2.04. The quantitative estimate of drug-likeness (QED) is 0.410. The van der Waals surface area contributed by atoms with E-state index in [1.54, 1.807) is 19.3 Å². The van der Waals surface area contributed by atoms with Crippen LogP contribution in [0.5, 0.6) is 5.75 Å². The highest BCUT2D eigenvalue weighted by Gasteiger charge is 2.13. The van der Waals surface area contributed by atoms with Gasteiger partial charge < -0.3 is 14.4 Å². The van der Waals surface area contributed by atoms with Gasteiger partial charge in [-0.1, -0.05) is 30.2 Å². The van der Waals surface area contributed by atoms with Crippen molar-refractivity contribution in [3.8, 4) is 17.6 Å². The maximum absolute atomic E-state index is 11.1. The number of carbonyl (C=O) groups is 1. The number of hydrogen-bond acceptors (Lipinski definition) is 5. The number of carboxylic acid groups (broad SMARTS) is 1. The molecule has 2 aromatic carbocycles. The molecule has 166 valence electrons. The van der Waals surface area contributed by atoms with Crippen LogP contribution < -0.4 is 4.74 Å². The summed E-state index contributed by atoms with van der Waals surface area (Å²) in [5, 5.41) is 9.11. The van der Waals surface area contributed by atoms with Crippen LogP contribution in [0.15, 0.2) is 61.2 Å². The first-order valence-corrected chi connectivity index (χ1v) is 10.6. The second-order valence-corrected chi connectivity index (χ2v) is 7.71. The van der Waals surface area contributed by atoms with E-state index in [4.69, 9.17) is 9.84 Å². The van der Waals surface area contributed by atoms with E-state index in [0.717, 1.165) is 33.5 Å². The Morgan fingerprint density at radius 1 is 1.12 bits per heavy atom. The van der Waals surface area contributed by atoms with Crippen LogP contribution in [0.2, 0.25) is 0 Å². The number of rotatable bonds is 8. The fourth-order valence-electron chi connectivity index (χ4n) is 3.62. The number of fused-ring (bicyclic) bond motifs is 1. The van der Waals surface area contributed by atoms with Gasteiger partial charge in [0.25, 0.3) is 0 Å². The number of carboxylic acids is 1. The van der Waals surface area contributed by atoms with Gasteiger partial charge in [0.2, 0.25) is 0 Å². The topological polar surface area (TPSA) is 90.1 Å². The summed E-state index contributed by atoms with van der Waals surface area (Å²) < 4.78 is 8.04. The Balaban J connectivity index is 1.47. The molecule has 0 bridgehead atoms. The average Bonchev–Trinajstić information content (AvgIpc) is 3.22. The van der Waals surface area contributed by atoms with Crippen LogP contribution in [0, 0.1) is 18.8 Å². The molecule has 33 heavy (non-hydrogen) atoms. The number of aliphatic carboxylic acids is 1. The van der Waals surface area contributed by atoms with Crippen molar-refractivity contribution in [2.24, 2.45) is 0 Å². The lowest BCUT2D eigenvalue weighted by Gasteiger charge is -2.11. The number of nitrogens with zero attached hydrogens (tertiary/aromatic N) is 4. The molecule has 7 nitrogen and oxygen atoms in total. The van der Waals surface area contributed by atoms with E-state index < -0.39 is 5.97 Å². The van der Waals surface area contributed by atoms with Crippen LogP contribution in [0.3, 0.4) is 0 Å². The van der Waals surface area contributed by atoms with Crippen molar-refractivity contribution in [3.63, 3.8) is 0 Å². The van der Waals surface area contributed by atoms with Crippen molar-refractivity contribution in [1.29, 1.82) is 0 Å². The fraction of sp³-hybridized carbons (Fsp3) is 0.231.